The average Bonchev–Trinajstić information content (AvgIpc) is 3.56. The summed E-state index contributed by atoms with van der Waals surface area (Å²) in [5, 5.41) is 8.20. The van der Waals surface area contributed by atoms with E-state index in [1.165, 1.54) is 7.11 Å². The Balaban J connectivity index is 1.34. The van der Waals surface area contributed by atoms with E-state index < -0.39 is 6.04 Å². The van der Waals surface area contributed by atoms with Gasteiger partial charge in [0.2, 0.25) is 0 Å². The molecule has 1 aromatic heterocycles. The van der Waals surface area contributed by atoms with E-state index in [2.05, 4.69) is 15.3 Å². The molecule has 1 amide bonds. The lowest BCUT2D eigenvalue weighted by atomic mass is 10.0. The lowest BCUT2D eigenvalue weighted by Gasteiger charge is -2.21. The van der Waals surface area contributed by atoms with Crippen molar-refractivity contribution in [1.82, 2.24) is 15.0 Å². The minimum atomic E-state index is -0.417. The first-order chi connectivity index (χ1) is 17.2. The molecule has 0 saturated carbocycles. The zero-order valence-electron chi connectivity index (χ0n) is 19.2. The predicted molar refractivity (Wildman–Crippen MR) is 130 cm³/mol. The summed E-state index contributed by atoms with van der Waals surface area (Å²) in [6.07, 6.45) is 0.459. The van der Waals surface area contributed by atoms with Gasteiger partial charge in [-0.2, -0.15) is 4.98 Å². The van der Waals surface area contributed by atoms with Crippen molar-refractivity contribution in [2.24, 2.45) is 5.16 Å². The SMILES string of the molecule is CON=C1C[C@@H](c2noc(COc3ccccc3)n2)N(C(=O)c2ccc(-c3ccccc3)cc2)C1. The average molecular weight is 469 g/mol. The van der Waals surface area contributed by atoms with Crippen molar-refractivity contribution in [2.45, 2.75) is 19.1 Å². The largest absolute Gasteiger partial charge is 0.484 e. The standard InChI is InChI=1S/C27H24N4O4/c1-33-29-22-16-24(26-28-25(35-30-26)18-34-23-10-6-3-7-11-23)31(17-22)27(32)21-14-12-20(13-15-21)19-8-4-2-5-9-19/h2-15,24H,16-18H2,1H3/t24-/m0/s1. The van der Waals surface area contributed by atoms with Gasteiger partial charge in [-0.3, -0.25) is 4.79 Å². The summed E-state index contributed by atoms with van der Waals surface area (Å²) in [4.78, 5) is 24.6. The third-order valence-electron chi connectivity index (χ3n) is 5.77. The molecule has 1 fully saturated rings. The van der Waals surface area contributed by atoms with Crippen molar-refractivity contribution in [3.05, 3.63) is 102 Å². The highest BCUT2D eigenvalue weighted by atomic mass is 16.6. The molecule has 1 saturated heterocycles. The van der Waals surface area contributed by atoms with Crippen LogP contribution in [-0.4, -0.2) is 40.3 Å². The predicted octanol–water partition coefficient (Wildman–Crippen LogP) is 4.91. The molecular formula is C27H24N4O4. The van der Waals surface area contributed by atoms with Crippen LogP contribution in [0.5, 0.6) is 5.75 Å². The van der Waals surface area contributed by atoms with Crippen LogP contribution in [0.25, 0.3) is 11.1 Å². The van der Waals surface area contributed by atoms with E-state index in [9.17, 15) is 4.79 Å². The lowest BCUT2D eigenvalue weighted by molar-refractivity contribution is 0.0732. The minimum absolute atomic E-state index is 0.136. The Labute approximate surface area is 202 Å². The second kappa shape index (κ2) is 10.2. The van der Waals surface area contributed by atoms with E-state index >= 15 is 0 Å². The van der Waals surface area contributed by atoms with Gasteiger partial charge in [-0.15, -0.1) is 0 Å². The third-order valence-corrected chi connectivity index (χ3v) is 5.77. The van der Waals surface area contributed by atoms with Gasteiger partial charge >= 0.3 is 0 Å². The summed E-state index contributed by atoms with van der Waals surface area (Å²) in [7, 11) is 1.49. The first-order valence-corrected chi connectivity index (χ1v) is 11.3. The maximum absolute atomic E-state index is 13.5. The Morgan fingerprint density at radius 1 is 1.00 bits per heavy atom. The normalized spacial score (nSPS) is 16.4. The fourth-order valence-corrected chi connectivity index (χ4v) is 4.07. The van der Waals surface area contributed by atoms with Gasteiger partial charge < -0.3 is 19.0 Å². The van der Waals surface area contributed by atoms with Gasteiger partial charge in [-0.05, 0) is 35.4 Å². The fraction of sp³-hybridized carbons (Fsp3) is 0.185. The number of aromatic nitrogens is 2. The van der Waals surface area contributed by atoms with Crippen LogP contribution in [-0.2, 0) is 11.4 Å². The molecule has 5 rings (SSSR count). The van der Waals surface area contributed by atoms with E-state index in [1.807, 2.05) is 84.9 Å². The van der Waals surface area contributed by atoms with Gasteiger partial charge in [-0.1, -0.05) is 71.0 Å². The van der Waals surface area contributed by atoms with Gasteiger partial charge in [0.15, 0.2) is 12.4 Å². The Kier molecular flexibility index (Phi) is 6.52. The number of amides is 1. The molecule has 8 heteroatoms. The Hall–Kier alpha value is -4.46. The molecule has 0 N–H and O–H groups in total. The number of ether oxygens (including phenoxy) is 1. The molecular weight excluding hydrogens is 444 g/mol. The van der Waals surface area contributed by atoms with Crippen LogP contribution in [0.4, 0.5) is 0 Å². The molecule has 1 aliphatic rings. The van der Waals surface area contributed by atoms with E-state index in [-0.39, 0.29) is 12.5 Å². The van der Waals surface area contributed by atoms with Gasteiger partial charge in [0.05, 0.1) is 12.3 Å². The zero-order chi connectivity index (χ0) is 24.0. The topological polar surface area (TPSA) is 90.1 Å². The molecule has 0 aliphatic carbocycles. The van der Waals surface area contributed by atoms with Crippen molar-refractivity contribution in [2.75, 3.05) is 13.7 Å². The number of carbonyl (C=O) groups excluding carboxylic acids is 1. The molecule has 35 heavy (non-hydrogen) atoms. The molecule has 0 spiro atoms. The van der Waals surface area contributed by atoms with Gasteiger partial charge in [0, 0.05) is 12.0 Å². The Morgan fingerprint density at radius 3 is 2.40 bits per heavy atom. The van der Waals surface area contributed by atoms with Crippen molar-refractivity contribution in [3.8, 4) is 16.9 Å². The maximum Gasteiger partial charge on any atom is 0.264 e. The second-order valence-corrected chi connectivity index (χ2v) is 8.08. The van der Waals surface area contributed by atoms with Crippen molar-refractivity contribution >= 4 is 11.6 Å². The molecule has 4 aromatic rings. The molecule has 8 nitrogen and oxygen atoms in total. The third kappa shape index (κ3) is 5.06. The Morgan fingerprint density at radius 2 is 1.69 bits per heavy atom. The number of hydrogen-bond acceptors (Lipinski definition) is 7. The van der Waals surface area contributed by atoms with Crippen LogP contribution >= 0.6 is 0 Å². The molecule has 0 unspecified atom stereocenters. The maximum atomic E-state index is 13.5. The highest BCUT2D eigenvalue weighted by Gasteiger charge is 2.38. The molecule has 3 aromatic carbocycles. The van der Waals surface area contributed by atoms with Gasteiger partial charge in [0.25, 0.3) is 11.8 Å². The minimum Gasteiger partial charge on any atom is -0.484 e. The molecule has 0 bridgehead atoms. The van der Waals surface area contributed by atoms with Crippen molar-refractivity contribution < 1.29 is 18.9 Å². The highest BCUT2D eigenvalue weighted by Crippen LogP contribution is 2.31. The van der Waals surface area contributed by atoms with Crippen LogP contribution in [0.15, 0.2) is 94.6 Å². The van der Waals surface area contributed by atoms with Gasteiger partial charge in [-0.25, -0.2) is 0 Å². The van der Waals surface area contributed by atoms with Crippen molar-refractivity contribution in [3.63, 3.8) is 0 Å². The fourth-order valence-electron chi connectivity index (χ4n) is 4.07. The van der Waals surface area contributed by atoms with E-state index in [0.717, 1.165) is 16.8 Å². The molecule has 2 heterocycles. The van der Waals surface area contributed by atoms with Crippen molar-refractivity contribution in [1.29, 1.82) is 0 Å². The van der Waals surface area contributed by atoms with Crippen LogP contribution in [0, 0.1) is 0 Å². The number of para-hydroxylation sites is 1. The summed E-state index contributed by atoms with van der Waals surface area (Å²) >= 11 is 0. The van der Waals surface area contributed by atoms with Crippen LogP contribution < -0.4 is 4.74 Å². The first-order valence-electron chi connectivity index (χ1n) is 11.3. The number of likely N-dealkylation sites (tertiary alicyclic amines) is 1. The molecule has 176 valence electrons. The summed E-state index contributed by atoms with van der Waals surface area (Å²) in [5.74, 6) is 1.31. The first kappa shape index (κ1) is 22.3. The summed E-state index contributed by atoms with van der Waals surface area (Å²) in [6.45, 7) is 0.458. The summed E-state index contributed by atoms with van der Waals surface area (Å²) < 4.78 is 11.1. The zero-order valence-corrected chi connectivity index (χ0v) is 19.2. The van der Waals surface area contributed by atoms with Gasteiger partial charge in [0.1, 0.15) is 18.9 Å². The number of hydrogen-bond donors (Lipinski definition) is 0. The molecule has 1 atom stereocenters. The highest BCUT2D eigenvalue weighted by molar-refractivity contribution is 6.00. The number of carbonyl (C=O) groups is 1. The van der Waals surface area contributed by atoms with E-state index in [4.69, 9.17) is 14.1 Å². The van der Waals surface area contributed by atoms with E-state index in [1.54, 1.807) is 4.90 Å². The van der Waals surface area contributed by atoms with Crippen LogP contribution in [0.2, 0.25) is 0 Å². The van der Waals surface area contributed by atoms with Crippen LogP contribution in [0.1, 0.15) is 34.5 Å². The number of benzene rings is 3. The smallest absolute Gasteiger partial charge is 0.264 e. The quantitative estimate of drug-likeness (QED) is 0.358. The monoisotopic (exact) mass is 468 g/mol. The van der Waals surface area contributed by atoms with Crippen LogP contribution in [0.3, 0.4) is 0 Å². The second-order valence-electron chi connectivity index (χ2n) is 8.08. The summed E-state index contributed by atoms with van der Waals surface area (Å²) in [5.41, 5.74) is 3.45. The number of nitrogens with zero attached hydrogens (tertiary/aromatic N) is 4. The molecule has 0 radical (unpaired) electrons. The lowest BCUT2D eigenvalue weighted by Crippen LogP contribution is -2.31. The Bertz CT molecular complexity index is 1300. The molecule has 1 aliphatic heterocycles. The summed E-state index contributed by atoms with van der Waals surface area (Å²) in [6, 6.07) is 26.6. The number of oxime groups is 1. The number of rotatable bonds is 7. The van der Waals surface area contributed by atoms with E-state index in [0.29, 0.717) is 36.0 Å².